The van der Waals surface area contributed by atoms with Crippen LogP contribution < -0.4 is 15.4 Å². The van der Waals surface area contributed by atoms with Crippen molar-refractivity contribution in [3.63, 3.8) is 0 Å². The first-order valence-corrected chi connectivity index (χ1v) is 8.61. The molecule has 9 heteroatoms. The molecule has 2 aromatic rings. The molecule has 2 rings (SSSR count). The van der Waals surface area contributed by atoms with Crippen molar-refractivity contribution >= 4 is 34.8 Å². The van der Waals surface area contributed by atoms with Gasteiger partial charge in [-0.1, -0.05) is 23.2 Å². The second-order valence-corrected chi connectivity index (χ2v) is 6.50. The van der Waals surface area contributed by atoms with Crippen LogP contribution in [0.5, 0.6) is 5.75 Å². The van der Waals surface area contributed by atoms with Crippen LogP contribution >= 0.6 is 23.2 Å². The molecule has 0 radical (unpaired) electrons. The highest BCUT2D eigenvalue weighted by Gasteiger charge is 2.15. The number of methoxy groups -OCH3 is 1. The Kier molecular flexibility index (Phi) is 6.72. The first-order chi connectivity index (χ1) is 12.3. The Balaban J connectivity index is 1.89. The zero-order chi connectivity index (χ0) is 19.3. The fraction of sp³-hybridized carbons (Fsp3) is 0.353. The van der Waals surface area contributed by atoms with Crippen LogP contribution in [0.4, 0.5) is 5.69 Å². The molecular weight excluding hydrogens is 377 g/mol. The number of halogens is 2. The molecule has 1 amide bonds. The van der Waals surface area contributed by atoms with Gasteiger partial charge in [-0.15, -0.1) is 0 Å². The van der Waals surface area contributed by atoms with E-state index in [1.807, 2.05) is 19.1 Å². The molecule has 0 fully saturated rings. The molecule has 0 aliphatic rings. The number of hydrogen-bond donors (Lipinski definition) is 2. The van der Waals surface area contributed by atoms with E-state index in [2.05, 4.69) is 15.7 Å². The van der Waals surface area contributed by atoms with Gasteiger partial charge < -0.3 is 15.4 Å². The normalized spacial score (nSPS) is 11.5. The highest BCUT2D eigenvalue weighted by molar-refractivity contribution is 6.32. The number of benzene rings is 1. The van der Waals surface area contributed by atoms with Crippen LogP contribution in [0.1, 0.15) is 18.3 Å². The molecule has 7 nitrogen and oxygen atoms in total. The van der Waals surface area contributed by atoms with Gasteiger partial charge in [-0.2, -0.15) is 10.4 Å². The predicted octanol–water partition coefficient (Wildman–Crippen LogP) is 3.00. The number of carbonyl (C=O) groups excluding carboxylic acids is 1. The smallest absolute Gasteiger partial charge is 0.242 e. The summed E-state index contributed by atoms with van der Waals surface area (Å²) in [7, 11) is 1.55. The molecule has 1 atom stereocenters. The predicted molar refractivity (Wildman–Crippen MR) is 101 cm³/mol. The van der Waals surface area contributed by atoms with Crippen LogP contribution in [0.3, 0.4) is 0 Å². The third kappa shape index (κ3) is 4.81. The maximum atomic E-state index is 12.2. The van der Waals surface area contributed by atoms with E-state index >= 15 is 0 Å². The molecule has 138 valence electrons. The SMILES string of the molecule is COc1cc(NC[C@H](C)NC(=O)Cn2nc(C#N)c(Cl)c2C)ccc1Cl. The maximum absolute atomic E-state index is 12.2. The number of hydrogen-bond acceptors (Lipinski definition) is 5. The maximum Gasteiger partial charge on any atom is 0.242 e. The van der Waals surface area contributed by atoms with Gasteiger partial charge in [-0.25, -0.2) is 0 Å². The fourth-order valence-electron chi connectivity index (χ4n) is 2.30. The third-order valence-electron chi connectivity index (χ3n) is 3.70. The van der Waals surface area contributed by atoms with Gasteiger partial charge in [-0.3, -0.25) is 9.48 Å². The van der Waals surface area contributed by atoms with Gasteiger partial charge in [0.05, 0.1) is 22.8 Å². The Hall–Kier alpha value is -2.43. The number of anilines is 1. The number of ether oxygens (including phenoxy) is 1. The second kappa shape index (κ2) is 8.79. The molecule has 0 aliphatic heterocycles. The highest BCUT2D eigenvalue weighted by atomic mass is 35.5. The number of nitrogens with zero attached hydrogens (tertiary/aromatic N) is 3. The number of rotatable bonds is 7. The average Bonchev–Trinajstić information content (AvgIpc) is 2.88. The van der Waals surface area contributed by atoms with Crippen molar-refractivity contribution in [1.29, 1.82) is 5.26 Å². The van der Waals surface area contributed by atoms with Crippen LogP contribution in [-0.2, 0) is 11.3 Å². The Labute approximate surface area is 161 Å². The second-order valence-electron chi connectivity index (χ2n) is 5.72. The van der Waals surface area contributed by atoms with E-state index in [4.69, 9.17) is 33.2 Å². The average molecular weight is 396 g/mol. The van der Waals surface area contributed by atoms with E-state index in [0.717, 1.165) is 5.69 Å². The van der Waals surface area contributed by atoms with Crippen LogP contribution in [-0.4, -0.2) is 35.4 Å². The minimum atomic E-state index is -0.222. The summed E-state index contributed by atoms with van der Waals surface area (Å²) in [5, 5.41) is 19.8. The monoisotopic (exact) mass is 395 g/mol. The molecule has 1 aromatic carbocycles. The van der Waals surface area contributed by atoms with Crippen LogP contribution in [0, 0.1) is 18.3 Å². The van der Waals surface area contributed by atoms with E-state index in [1.54, 1.807) is 26.2 Å². The largest absolute Gasteiger partial charge is 0.495 e. The van der Waals surface area contributed by atoms with E-state index in [0.29, 0.717) is 23.0 Å². The quantitative estimate of drug-likeness (QED) is 0.751. The Morgan fingerprint density at radius 3 is 2.81 bits per heavy atom. The van der Waals surface area contributed by atoms with Gasteiger partial charge in [0, 0.05) is 24.3 Å². The summed E-state index contributed by atoms with van der Waals surface area (Å²) in [6, 6.07) is 7.12. The standard InChI is InChI=1S/C17H19Cl2N5O2/c1-10(8-21-12-4-5-13(18)15(6-12)26-3)22-16(25)9-24-11(2)17(19)14(7-20)23-24/h4-6,10,21H,8-9H2,1-3H3,(H,22,25)/t10-/m0/s1. The first kappa shape index (κ1) is 19.9. The Morgan fingerprint density at radius 1 is 1.46 bits per heavy atom. The summed E-state index contributed by atoms with van der Waals surface area (Å²) in [5.41, 5.74) is 1.53. The summed E-state index contributed by atoms with van der Waals surface area (Å²) in [6.45, 7) is 4.09. The highest BCUT2D eigenvalue weighted by Crippen LogP contribution is 2.27. The van der Waals surface area contributed by atoms with Gasteiger partial charge in [-0.05, 0) is 26.0 Å². The molecule has 26 heavy (non-hydrogen) atoms. The molecular formula is C17H19Cl2N5O2. The lowest BCUT2D eigenvalue weighted by atomic mass is 10.2. The van der Waals surface area contributed by atoms with Crippen LogP contribution in [0.15, 0.2) is 18.2 Å². The van der Waals surface area contributed by atoms with Crippen molar-refractivity contribution in [2.45, 2.75) is 26.4 Å². The lowest BCUT2D eigenvalue weighted by Crippen LogP contribution is -2.39. The molecule has 1 aromatic heterocycles. The van der Waals surface area contributed by atoms with Crippen molar-refractivity contribution in [2.75, 3.05) is 19.0 Å². The van der Waals surface area contributed by atoms with Gasteiger partial charge in [0.2, 0.25) is 5.91 Å². The molecule has 0 saturated heterocycles. The van der Waals surface area contributed by atoms with Crippen molar-refractivity contribution < 1.29 is 9.53 Å². The fourth-order valence-corrected chi connectivity index (χ4v) is 2.67. The molecule has 0 saturated carbocycles. The van der Waals surface area contributed by atoms with Gasteiger partial charge in [0.15, 0.2) is 5.69 Å². The van der Waals surface area contributed by atoms with Crippen molar-refractivity contribution in [3.05, 3.63) is 39.6 Å². The number of aromatic nitrogens is 2. The minimum absolute atomic E-state index is 0.00760. The molecule has 0 unspecified atom stereocenters. The lowest BCUT2D eigenvalue weighted by molar-refractivity contribution is -0.122. The van der Waals surface area contributed by atoms with Gasteiger partial charge in [0.1, 0.15) is 18.4 Å². The van der Waals surface area contributed by atoms with Crippen LogP contribution in [0.25, 0.3) is 0 Å². The van der Waals surface area contributed by atoms with Crippen molar-refractivity contribution in [3.8, 4) is 11.8 Å². The Morgan fingerprint density at radius 2 is 2.19 bits per heavy atom. The number of nitrogens with one attached hydrogen (secondary N) is 2. The molecule has 2 N–H and O–H groups in total. The van der Waals surface area contributed by atoms with Crippen molar-refractivity contribution in [2.24, 2.45) is 0 Å². The summed E-state index contributed by atoms with van der Waals surface area (Å²) in [6.07, 6.45) is 0. The molecule has 1 heterocycles. The first-order valence-electron chi connectivity index (χ1n) is 7.85. The van der Waals surface area contributed by atoms with E-state index in [9.17, 15) is 4.79 Å². The summed E-state index contributed by atoms with van der Waals surface area (Å²) in [5.74, 6) is 0.354. The van der Waals surface area contributed by atoms with E-state index in [1.165, 1.54) is 4.68 Å². The topological polar surface area (TPSA) is 92.0 Å². The summed E-state index contributed by atoms with van der Waals surface area (Å²) < 4.78 is 6.59. The lowest BCUT2D eigenvalue weighted by Gasteiger charge is -2.16. The van der Waals surface area contributed by atoms with Crippen LogP contribution in [0.2, 0.25) is 10.0 Å². The number of carbonyl (C=O) groups is 1. The van der Waals surface area contributed by atoms with Gasteiger partial charge in [0.25, 0.3) is 0 Å². The zero-order valence-electron chi connectivity index (χ0n) is 14.6. The number of nitriles is 1. The summed E-state index contributed by atoms with van der Waals surface area (Å²) in [4.78, 5) is 12.2. The molecule has 0 bridgehead atoms. The summed E-state index contributed by atoms with van der Waals surface area (Å²) >= 11 is 12.0. The third-order valence-corrected chi connectivity index (χ3v) is 4.47. The van der Waals surface area contributed by atoms with Gasteiger partial charge >= 0.3 is 0 Å². The Bertz CT molecular complexity index is 844. The van der Waals surface area contributed by atoms with E-state index < -0.39 is 0 Å². The zero-order valence-corrected chi connectivity index (χ0v) is 16.1. The number of amides is 1. The molecule has 0 aliphatic carbocycles. The molecule has 0 spiro atoms. The van der Waals surface area contributed by atoms with E-state index in [-0.39, 0.29) is 29.2 Å². The van der Waals surface area contributed by atoms with Crippen molar-refractivity contribution in [1.82, 2.24) is 15.1 Å². The minimum Gasteiger partial charge on any atom is -0.495 e.